The van der Waals surface area contributed by atoms with Gasteiger partial charge in [0, 0.05) is 7.11 Å². The molecule has 0 aromatic carbocycles. The van der Waals surface area contributed by atoms with Gasteiger partial charge >= 0.3 is 0 Å². The Kier molecular flexibility index (Phi) is 4.46. The van der Waals surface area contributed by atoms with E-state index in [2.05, 4.69) is 4.74 Å². The van der Waals surface area contributed by atoms with Gasteiger partial charge in [-0.15, -0.1) is 11.6 Å². The molecule has 0 saturated carbocycles. The average molecular weight is 93.5 g/mol. The molecule has 1 nitrogen and oxygen atoms in total. The molecule has 0 rings (SSSR count). The second-order valence-electron chi connectivity index (χ2n) is 0.610. The maximum absolute atomic E-state index is 5.05. The molecule has 0 bridgehead atoms. The zero-order valence-electron chi connectivity index (χ0n) is 3.07. The second kappa shape index (κ2) is 4.25. The lowest BCUT2D eigenvalue weighted by Gasteiger charge is -1.82. The van der Waals surface area contributed by atoms with Crippen LogP contribution in [0.15, 0.2) is 0 Å². The van der Waals surface area contributed by atoms with Crippen LogP contribution >= 0.6 is 11.6 Å². The van der Waals surface area contributed by atoms with E-state index in [4.69, 9.17) is 11.6 Å². The van der Waals surface area contributed by atoms with Gasteiger partial charge in [-0.2, -0.15) is 0 Å². The first-order chi connectivity index (χ1) is 2.41. The second-order valence-corrected chi connectivity index (χ2v) is 0.918. The molecule has 0 unspecified atom stereocenters. The summed E-state index contributed by atoms with van der Waals surface area (Å²) in [5, 5.41) is 0. The topological polar surface area (TPSA) is 9.23 Å². The minimum atomic E-state index is 0.529. The molecule has 0 aliphatic rings. The lowest BCUT2D eigenvalue weighted by atomic mass is 10.9. The van der Waals surface area contributed by atoms with E-state index in [1.54, 1.807) is 7.11 Å². The predicted octanol–water partition coefficient (Wildman–Crippen LogP) is 1.03. The summed E-state index contributed by atoms with van der Waals surface area (Å²) in [5.41, 5.74) is 0. The van der Waals surface area contributed by atoms with E-state index >= 15 is 0 Å². The Balaban J connectivity index is 2.19. The molecule has 1 radical (unpaired) electrons. The van der Waals surface area contributed by atoms with Crippen molar-refractivity contribution in [3.8, 4) is 0 Å². The van der Waals surface area contributed by atoms with Gasteiger partial charge in [0.2, 0.25) is 0 Å². The molecule has 31 valence electrons. The molecule has 0 heterocycles. The first kappa shape index (κ1) is 5.25. The summed E-state index contributed by atoms with van der Waals surface area (Å²) < 4.78 is 4.50. The summed E-state index contributed by atoms with van der Waals surface area (Å²) in [4.78, 5) is 0. The van der Waals surface area contributed by atoms with Crippen LogP contribution in [0.1, 0.15) is 0 Å². The smallest absolute Gasteiger partial charge is 0.0755 e. The predicted molar refractivity (Wildman–Crippen MR) is 22.0 cm³/mol. The third-order valence-corrected chi connectivity index (χ3v) is 0.356. The Morgan fingerprint density at radius 3 is 2.60 bits per heavy atom. The van der Waals surface area contributed by atoms with Crippen LogP contribution in [0.4, 0.5) is 0 Å². The Morgan fingerprint density at radius 2 is 2.60 bits per heavy atom. The molecule has 0 atom stereocenters. The van der Waals surface area contributed by atoms with Gasteiger partial charge in [0.1, 0.15) is 0 Å². The van der Waals surface area contributed by atoms with Crippen molar-refractivity contribution in [1.82, 2.24) is 0 Å². The van der Waals surface area contributed by atoms with Crippen molar-refractivity contribution in [2.75, 3.05) is 13.7 Å². The minimum absolute atomic E-state index is 0.529. The fourth-order valence-corrected chi connectivity index (χ4v) is 0.189. The van der Waals surface area contributed by atoms with Crippen LogP contribution in [0.25, 0.3) is 0 Å². The van der Waals surface area contributed by atoms with Gasteiger partial charge in [-0.1, -0.05) is 0 Å². The van der Waals surface area contributed by atoms with E-state index in [9.17, 15) is 0 Å². The molecule has 0 aromatic heterocycles. The van der Waals surface area contributed by atoms with Crippen molar-refractivity contribution < 1.29 is 4.74 Å². The van der Waals surface area contributed by atoms with Gasteiger partial charge in [-0.05, 0) is 0 Å². The number of methoxy groups -OCH3 is 1. The lowest BCUT2D eigenvalue weighted by molar-refractivity contribution is 0.229. The summed E-state index contributed by atoms with van der Waals surface area (Å²) >= 11 is 5.05. The van der Waals surface area contributed by atoms with Gasteiger partial charge in [-0.25, -0.2) is 0 Å². The first-order valence-corrected chi connectivity index (χ1v) is 1.76. The van der Waals surface area contributed by atoms with Crippen molar-refractivity contribution in [3.63, 3.8) is 0 Å². The highest BCUT2D eigenvalue weighted by Crippen LogP contribution is 1.79. The van der Waals surface area contributed by atoms with E-state index in [1.165, 1.54) is 5.88 Å². The number of ether oxygens (including phenoxy) is 1. The zero-order chi connectivity index (χ0) is 4.12. The fraction of sp³-hybridized carbons (Fsp3) is 0.667. The van der Waals surface area contributed by atoms with Gasteiger partial charge in [0.05, 0.1) is 12.5 Å². The summed E-state index contributed by atoms with van der Waals surface area (Å²) in [7, 11) is 1.60. The van der Waals surface area contributed by atoms with Crippen molar-refractivity contribution >= 4 is 11.6 Å². The first-order valence-electron chi connectivity index (χ1n) is 1.32. The summed E-state index contributed by atoms with van der Waals surface area (Å²) in [5.74, 6) is 1.43. The molecule has 0 saturated heterocycles. The molecule has 0 N–H and O–H groups in total. The summed E-state index contributed by atoms with van der Waals surface area (Å²) in [6.07, 6.45) is 0. The van der Waals surface area contributed by atoms with E-state index in [0.29, 0.717) is 6.61 Å². The number of hydrogen-bond acceptors (Lipinski definition) is 1. The maximum atomic E-state index is 5.05. The summed E-state index contributed by atoms with van der Waals surface area (Å²) in [6, 6.07) is 0. The monoisotopic (exact) mass is 93.0 g/mol. The molecule has 0 spiro atoms. The van der Waals surface area contributed by atoms with Crippen molar-refractivity contribution in [1.29, 1.82) is 0 Å². The highest BCUT2D eigenvalue weighted by atomic mass is 35.5. The van der Waals surface area contributed by atoms with Crippen molar-refractivity contribution in [3.05, 3.63) is 5.88 Å². The Hall–Kier alpha value is 0.250. The SMILES string of the molecule is COC[CH]Cl. The molecular weight excluding hydrogens is 87.5 g/mol. The third-order valence-electron chi connectivity index (χ3n) is 0.230. The molecule has 0 fully saturated rings. The standard InChI is InChI=1S/C3H6ClO/c1-5-3-2-4/h2H,3H2,1H3. The van der Waals surface area contributed by atoms with E-state index in [1.807, 2.05) is 0 Å². The van der Waals surface area contributed by atoms with Crippen LogP contribution in [0.2, 0.25) is 0 Å². The highest BCUT2D eigenvalue weighted by Gasteiger charge is 1.69. The third kappa shape index (κ3) is 4.25. The Morgan fingerprint density at radius 1 is 2.00 bits per heavy atom. The lowest BCUT2D eigenvalue weighted by Crippen LogP contribution is -1.79. The number of rotatable bonds is 2. The van der Waals surface area contributed by atoms with Crippen molar-refractivity contribution in [2.24, 2.45) is 0 Å². The molecule has 0 aliphatic carbocycles. The minimum Gasteiger partial charge on any atom is -0.383 e. The van der Waals surface area contributed by atoms with Crippen LogP contribution < -0.4 is 0 Å². The van der Waals surface area contributed by atoms with Gasteiger partial charge in [0.25, 0.3) is 0 Å². The summed E-state index contributed by atoms with van der Waals surface area (Å²) in [6.45, 7) is 0.529. The van der Waals surface area contributed by atoms with Gasteiger partial charge in [0.15, 0.2) is 0 Å². The fourth-order valence-electron chi connectivity index (χ4n) is 0.0630. The molecule has 2 heteroatoms. The quantitative estimate of drug-likeness (QED) is 0.496. The van der Waals surface area contributed by atoms with Crippen LogP contribution in [-0.4, -0.2) is 13.7 Å². The van der Waals surface area contributed by atoms with Crippen LogP contribution in [0.3, 0.4) is 0 Å². The molecule has 5 heavy (non-hydrogen) atoms. The Bertz CT molecular complexity index is 14.4. The largest absolute Gasteiger partial charge is 0.383 e. The number of hydrogen-bond donors (Lipinski definition) is 0. The van der Waals surface area contributed by atoms with Crippen molar-refractivity contribution in [2.45, 2.75) is 0 Å². The molecule has 0 aromatic rings. The zero-order valence-corrected chi connectivity index (χ0v) is 3.83. The van der Waals surface area contributed by atoms with Crippen LogP contribution in [0, 0.1) is 5.88 Å². The maximum Gasteiger partial charge on any atom is 0.0755 e. The van der Waals surface area contributed by atoms with Gasteiger partial charge in [-0.3, -0.25) is 0 Å². The van der Waals surface area contributed by atoms with Crippen LogP contribution in [0.5, 0.6) is 0 Å². The molecule has 0 aliphatic heterocycles. The average Bonchev–Trinajstić information content (AvgIpc) is 1.41. The van der Waals surface area contributed by atoms with E-state index in [0.717, 1.165) is 0 Å². The Labute approximate surface area is 36.9 Å². The normalized spacial score (nSPS) is 8.40. The van der Waals surface area contributed by atoms with E-state index < -0.39 is 0 Å². The highest BCUT2D eigenvalue weighted by molar-refractivity contribution is 6.23. The van der Waals surface area contributed by atoms with E-state index in [-0.39, 0.29) is 0 Å². The molecular formula is C3H6ClO. The molecule has 0 amide bonds. The van der Waals surface area contributed by atoms with Crippen LogP contribution in [-0.2, 0) is 4.74 Å². The number of halogens is 1. The van der Waals surface area contributed by atoms with Gasteiger partial charge < -0.3 is 4.74 Å².